The molecular formula is C18H27N3O. The van der Waals surface area contributed by atoms with Gasteiger partial charge in [0.1, 0.15) is 0 Å². The van der Waals surface area contributed by atoms with Crippen molar-refractivity contribution >= 4 is 0 Å². The maximum atomic E-state index is 9.65. The molecule has 0 saturated heterocycles. The van der Waals surface area contributed by atoms with Gasteiger partial charge in [0.2, 0.25) is 0 Å². The lowest BCUT2D eigenvalue weighted by molar-refractivity contribution is 0.113. The topological polar surface area (TPSA) is 50.1 Å². The van der Waals surface area contributed by atoms with Crippen LogP contribution in [0.4, 0.5) is 0 Å². The molecule has 0 saturated carbocycles. The third-order valence-electron chi connectivity index (χ3n) is 4.60. The zero-order valence-electron chi connectivity index (χ0n) is 13.8. The number of hydrogen-bond donors (Lipinski definition) is 2. The van der Waals surface area contributed by atoms with Crippen molar-refractivity contribution in [3.05, 3.63) is 42.1 Å². The van der Waals surface area contributed by atoms with Gasteiger partial charge in [-0.3, -0.25) is 4.68 Å². The lowest BCUT2D eigenvalue weighted by Gasteiger charge is -2.29. The number of rotatable bonds is 8. The van der Waals surface area contributed by atoms with E-state index in [0.717, 1.165) is 37.2 Å². The second-order valence-corrected chi connectivity index (χ2v) is 6.01. The molecule has 2 N–H and O–H groups in total. The highest BCUT2D eigenvalue weighted by Gasteiger charge is 2.24. The van der Waals surface area contributed by atoms with Crippen molar-refractivity contribution in [1.82, 2.24) is 15.1 Å². The minimum Gasteiger partial charge on any atom is -0.396 e. The summed E-state index contributed by atoms with van der Waals surface area (Å²) in [5.41, 5.74) is 3.33. The molecule has 0 bridgehead atoms. The lowest BCUT2D eigenvalue weighted by atomic mass is 9.83. The molecule has 2 rings (SSSR count). The molecule has 4 heteroatoms. The predicted octanol–water partition coefficient (Wildman–Crippen LogP) is 2.98. The number of aryl methyl sites for hydroxylation is 1. The number of aliphatic hydroxyl groups is 1. The van der Waals surface area contributed by atoms with Crippen LogP contribution >= 0.6 is 0 Å². The van der Waals surface area contributed by atoms with Crippen LogP contribution in [-0.4, -0.2) is 28.0 Å². The second kappa shape index (κ2) is 7.56. The first-order valence-electron chi connectivity index (χ1n) is 8.03. The third-order valence-corrected chi connectivity index (χ3v) is 4.60. The molecule has 0 radical (unpaired) electrons. The van der Waals surface area contributed by atoms with Crippen molar-refractivity contribution in [3.8, 4) is 11.3 Å². The Labute approximate surface area is 133 Å². The number of aromatic nitrogens is 2. The molecule has 0 aliphatic carbocycles. The Hall–Kier alpha value is -1.65. The van der Waals surface area contributed by atoms with Gasteiger partial charge in [-0.15, -0.1) is 0 Å². The Bertz CT molecular complexity index is 565. The number of hydrogen-bond acceptors (Lipinski definition) is 3. The summed E-state index contributed by atoms with van der Waals surface area (Å²) in [5, 5.41) is 17.7. The summed E-state index contributed by atoms with van der Waals surface area (Å²) >= 11 is 0. The molecule has 22 heavy (non-hydrogen) atoms. The summed E-state index contributed by atoms with van der Waals surface area (Å²) in [5.74, 6) is 0. The number of aliphatic hydroxyl groups excluding tert-OH is 1. The summed E-state index contributed by atoms with van der Waals surface area (Å²) in [6, 6.07) is 10.3. The molecule has 4 nitrogen and oxygen atoms in total. The van der Waals surface area contributed by atoms with Gasteiger partial charge in [-0.2, -0.15) is 5.10 Å². The van der Waals surface area contributed by atoms with Gasteiger partial charge >= 0.3 is 0 Å². The zero-order valence-corrected chi connectivity index (χ0v) is 13.8. The molecular weight excluding hydrogens is 274 g/mol. The summed E-state index contributed by atoms with van der Waals surface area (Å²) in [6.07, 6.45) is 4.02. The largest absolute Gasteiger partial charge is 0.396 e. The van der Waals surface area contributed by atoms with Crippen molar-refractivity contribution in [2.45, 2.75) is 33.2 Å². The van der Waals surface area contributed by atoms with E-state index < -0.39 is 0 Å². The molecule has 0 atom stereocenters. The van der Waals surface area contributed by atoms with Crippen molar-refractivity contribution in [1.29, 1.82) is 0 Å². The molecule has 2 aromatic rings. The summed E-state index contributed by atoms with van der Waals surface area (Å²) in [4.78, 5) is 0. The van der Waals surface area contributed by atoms with Crippen LogP contribution in [0.1, 0.15) is 32.3 Å². The van der Waals surface area contributed by atoms with Crippen molar-refractivity contribution in [2.24, 2.45) is 12.5 Å². The van der Waals surface area contributed by atoms with Crippen molar-refractivity contribution in [3.63, 3.8) is 0 Å². The van der Waals surface area contributed by atoms with E-state index in [1.165, 1.54) is 5.56 Å². The van der Waals surface area contributed by atoms with E-state index in [1.54, 1.807) is 0 Å². The third kappa shape index (κ3) is 3.76. The Morgan fingerprint density at radius 2 is 1.86 bits per heavy atom. The summed E-state index contributed by atoms with van der Waals surface area (Å²) in [7, 11) is 1.95. The SMILES string of the molecule is CCC(CC)(CO)CNCc1cn(C)nc1-c1ccccc1. The van der Waals surface area contributed by atoms with Crippen molar-refractivity contribution in [2.75, 3.05) is 13.2 Å². The van der Waals surface area contributed by atoms with Crippen LogP contribution in [-0.2, 0) is 13.6 Å². The molecule has 0 spiro atoms. The molecule has 0 fully saturated rings. The molecule has 0 amide bonds. The Morgan fingerprint density at radius 3 is 2.45 bits per heavy atom. The number of benzene rings is 1. The first-order valence-corrected chi connectivity index (χ1v) is 8.03. The highest BCUT2D eigenvalue weighted by atomic mass is 16.3. The monoisotopic (exact) mass is 301 g/mol. The molecule has 1 aromatic carbocycles. The van der Waals surface area contributed by atoms with Crippen LogP contribution in [0.25, 0.3) is 11.3 Å². The molecule has 120 valence electrons. The minimum absolute atomic E-state index is 0.0187. The van der Waals surface area contributed by atoms with Crippen LogP contribution < -0.4 is 5.32 Å². The normalized spacial score (nSPS) is 11.8. The van der Waals surface area contributed by atoms with E-state index in [2.05, 4.69) is 42.6 Å². The van der Waals surface area contributed by atoms with Crippen molar-refractivity contribution < 1.29 is 5.11 Å². The first-order chi connectivity index (χ1) is 10.6. The minimum atomic E-state index is -0.0187. The summed E-state index contributed by atoms with van der Waals surface area (Å²) in [6.45, 7) is 6.09. The highest BCUT2D eigenvalue weighted by Crippen LogP contribution is 2.25. The Morgan fingerprint density at radius 1 is 1.18 bits per heavy atom. The van der Waals surface area contributed by atoms with Crippen LogP contribution in [0.5, 0.6) is 0 Å². The second-order valence-electron chi connectivity index (χ2n) is 6.01. The van der Waals surface area contributed by atoms with E-state index in [1.807, 2.05) is 29.9 Å². The van der Waals surface area contributed by atoms with E-state index in [9.17, 15) is 5.11 Å². The van der Waals surface area contributed by atoms with Crippen LogP contribution in [0.3, 0.4) is 0 Å². The molecule has 0 unspecified atom stereocenters. The van der Waals surface area contributed by atoms with E-state index in [-0.39, 0.29) is 12.0 Å². The van der Waals surface area contributed by atoms with Crippen LogP contribution in [0.2, 0.25) is 0 Å². The van der Waals surface area contributed by atoms with Gasteiger partial charge in [0.25, 0.3) is 0 Å². The first kappa shape index (κ1) is 16.7. The Kier molecular flexibility index (Phi) is 5.75. The molecule has 1 heterocycles. The van der Waals surface area contributed by atoms with Gasteiger partial charge in [0.15, 0.2) is 0 Å². The van der Waals surface area contributed by atoms with Gasteiger partial charge in [0.05, 0.1) is 5.69 Å². The Balaban J connectivity index is 2.08. The van der Waals surface area contributed by atoms with Gasteiger partial charge in [0, 0.05) is 49.5 Å². The maximum absolute atomic E-state index is 9.65. The van der Waals surface area contributed by atoms with Crippen LogP contribution in [0, 0.1) is 5.41 Å². The van der Waals surface area contributed by atoms with Gasteiger partial charge in [-0.05, 0) is 12.8 Å². The number of nitrogens with zero attached hydrogens (tertiary/aromatic N) is 2. The van der Waals surface area contributed by atoms with E-state index in [0.29, 0.717) is 0 Å². The van der Waals surface area contributed by atoms with E-state index >= 15 is 0 Å². The maximum Gasteiger partial charge on any atom is 0.0967 e. The predicted molar refractivity (Wildman–Crippen MR) is 90.5 cm³/mol. The molecule has 1 aromatic heterocycles. The van der Waals surface area contributed by atoms with Gasteiger partial charge in [-0.1, -0.05) is 44.2 Å². The molecule has 0 aliphatic rings. The smallest absolute Gasteiger partial charge is 0.0967 e. The average molecular weight is 301 g/mol. The zero-order chi connectivity index (χ0) is 16.0. The van der Waals surface area contributed by atoms with Gasteiger partial charge < -0.3 is 10.4 Å². The quantitative estimate of drug-likeness (QED) is 0.788. The van der Waals surface area contributed by atoms with E-state index in [4.69, 9.17) is 0 Å². The fourth-order valence-corrected chi connectivity index (χ4v) is 2.75. The average Bonchev–Trinajstić information content (AvgIpc) is 2.94. The molecule has 0 aliphatic heterocycles. The lowest BCUT2D eigenvalue weighted by Crippen LogP contribution is -2.36. The summed E-state index contributed by atoms with van der Waals surface area (Å²) < 4.78 is 1.86. The fourth-order valence-electron chi connectivity index (χ4n) is 2.75. The van der Waals surface area contributed by atoms with Gasteiger partial charge in [-0.25, -0.2) is 0 Å². The van der Waals surface area contributed by atoms with Crippen LogP contribution in [0.15, 0.2) is 36.5 Å². The fraction of sp³-hybridized carbons (Fsp3) is 0.500. The highest BCUT2D eigenvalue weighted by molar-refractivity contribution is 5.62. The number of nitrogens with one attached hydrogen (secondary N) is 1. The standard InChI is InChI=1S/C18H27N3O/c1-4-18(5-2,14-22)13-19-11-16-12-21(3)20-17(16)15-9-7-6-8-10-15/h6-10,12,19,22H,4-5,11,13-14H2,1-3H3.